The van der Waals surface area contributed by atoms with Gasteiger partial charge in [0.05, 0.1) is 5.75 Å². The van der Waals surface area contributed by atoms with Crippen LogP contribution in [0, 0.1) is 5.82 Å². The van der Waals surface area contributed by atoms with Gasteiger partial charge in [-0.05, 0) is 41.8 Å². The minimum Gasteiger partial charge on any atom is -0.354 e. The van der Waals surface area contributed by atoms with Crippen molar-refractivity contribution in [3.63, 3.8) is 0 Å². The second kappa shape index (κ2) is 14.4. The SMILES string of the molecule is CCCNC(=O)[C@H](Cc1ccccc1)N(Cc1ccc(Br)cc1)C(=O)CSCc1c(F)cccc1Cl. The van der Waals surface area contributed by atoms with Crippen molar-refractivity contribution in [3.05, 3.63) is 105 Å². The lowest BCUT2D eigenvalue weighted by Gasteiger charge is -2.31. The Kier molecular flexibility index (Phi) is 11.3. The molecule has 2 amide bonds. The number of nitrogens with zero attached hydrogens (tertiary/aromatic N) is 1. The van der Waals surface area contributed by atoms with Gasteiger partial charge < -0.3 is 10.2 Å². The van der Waals surface area contributed by atoms with Gasteiger partial charge in [-0.2, -0.15) is 0 Å². The summed E-state index contributed by atoms with van der Waals surface area (Å²) in [6.45, 7) is 2.80. The zero-order chi connectivity index (χ0) is 25.9. The minimum absolute atomic E-state index is 0.0908. The number of hydrogen-bond donors (Lipinski definition) is 1. The summed E-state index contributed by atoms with van der Waals surface area (Å²) < 4.78 is 15.1. The van der Waals surface area contributed by atoms with Gasteiger partial charge >= 0.3 is 0 Å². The molecule has 190 valence electrons. The van der Waals surface area contributed by atoms with Crippen LogP contribution in [0.2, 0.25) is 5.02 Å². The van der Waals surface area contributed by atoms with Crippen LogP contribution >= 0.6 is 39.3 Å². The highest BCUT2D eigenvalue weighted by molar-refractivity contribution is 9.10. The number of carbonyl (C=O) groups is 2. The molecule has 8 heteroatoms. The van der Waals surface area contributed by atoms with Gasteiger partial charge in [0.15, 0.2) is 0 Å². The maximum absolute atomic E-state index is 14.2. The second-order valence-corrected chi connectivity index (χ2v) is 10.6. The van der Waals surface area contributed by atoms with Gasteiger partial charge in [-0.15, -0.1) is 11.8 Å². The molecular formula is C28H29BrClFN2O2S. The molecule has 0 aliphatic heterocycles. The number of hydrogen-bond acceptors (Lipinski definition) is 3. The summed E-state index contributed by atoms with van der Waals surface area (Å²) in [6, 6.07) is 21.2. The first-order valence-electron chi connectivity index (χ1n) is 11.7. The molecule has 0 aliphatic rings. The summed E-state index contributed by atoms with van der Waals surface area (Å²) in [7, 11) is 0. The van der Waals surface area contributed by atoms with Crippen molar-refractivity contribution in [1.82, 2.24) is 10.2 Å². The second-order valence-electron chi connectivity index (χ2n) is 8.34. The average molecular weight is 592 g/mol. The van der Waals surface area contributed by atoms with Gasteiger partial charge in [0, 0.05) is 40.3 Å². The quantitative estimate of drug-likeness (QED) is 0.257. The fourth-order valence-electron chi connectivity index (χ4n) is 3.70. The maximum Gasteiger partial charge on any atom is 0.243 e. The Balaban J connectivity index is 1.84. The number of thioether (sulfide) groups is 1. The van der Waals surface area contributed by atoms with E-state index in [0.29, 0.717) is 23.6 Å². The molecule has 0 saturated heterocycles. The van der Waals surface area contributed by atoms with Crippen molar-refractivity contribution in [2.45, 2.75) is 38.1 Å². The van der Waals surface area contributed by atoms with Gasteiger partial charge in [0.25, 0.3) is 0 Å². The molecule has 0 unspecified atom stereocenters. The summed E-state index contributed by atoms with van der Waals surface area (Å²) in [5.41, 5.74) is 2.25. The topological polar surface area (TPSA) is 49.4 Å². The molecule has 3 aromatic rings. The molecule has 1 atom stereocenters. The lowest BCUT2D eigenvalue weighted by Crippen LogP contribution is -2.51. The van der Waals surface area contributed by atoms with Crippen LogP contribution in [-0.4, -0.2) is 35.1 Å². The molecule has 0 bridgehead atoms. The minimum atomic E-state index is -0.687. The Morgan fingerprint density at radius 2 is 1.75 bits per heavy atom. The third-order valence-corrected chi connectivity index (χ3v) is 7.45. The molecule has 0 fully saturated rings. The molecule has 36 heavy (non-hydrogen) atoms. The number of benzene rings is 3. The van der Waals surface area contributed by atoms with Crippen molar-refractivity contribution in [3.8, 4) is 0 Å². The summed E-state index contributed by atoms with van der Waals surface area (Å²) >= 11 is 10.9. The highest BCUT2D eigenvalue weighted by Gasteiger charge is 2.30. The van der Waals surface area contributed by atoms with Crippen molar-refractivity contribution >= 4 is 51.1 Å². The van der Waals surface area contributed by atoms with Crippen molar-refractivity contribution in [2.75, 3.05) is 12.3 Å². The Hall–Kier alpha value is -2.35. The van der Waals surface area contributed by atoms with E-state index in [-0.39, 0.29) is 29.9 Å². The van der Waals surface area contributed by atoms with E-state index in [4.69, 9.17) is 11.6 Å². The lowest BCUT2D eigenvalue weighted by atomic mass is 10.0. The standard InChI is InChI=1S/C28H29BrClFN2O2S/c1-2-15-32-28(35)26(16-20-7-4-3-5-8-20)33(17-21-11-13-22(29)14-12-21)27(34)19-36-18-23-24(30)9-6-10-25(23)31/h3-14,26H,2,15-19H2,1H3,(H,32,35)/t26-/m0/s1. The average Bonchev–Trinajstić information content (AvgIpc) is 2.88. The van der Waals surface area contributed by atoms with Gasteiger partial charge in [-0.25, -0.2) is 4.39 Å². The molecule has 3 rings (SSSR count). The first-order valence-corrected chi connectivity index (χ1v) is 14.1. The molecule has 0 radical (unpaired) electrons. The Labute approximate surface area is 229 Å². The number of amides is 2. The summed E-state index contributed by atoms with van der Waals surface area (Å²) in [5.74, 6) is -0.422. The monoisotopic (exact) mass is 590 g/mol. The third kappa shape index (κ3) is 8.36. The van der Waals surface area contributed by atoms with Crippen LogP contribution in [-0.2, 0) is 28.3 Å². The Morgan fingerprint density at radius 1 is 1.03 bits per heavy atom. The number of rotatable bonds is 12. The zero-order valence-electron chi connectivity index (χ0n) is 20.1. The van der Waals surface area contributed by atoms with E-state index in [1.165, 1.54) is 17.8 Å². The lowest BCUT2D eigenvalue weighted by molar-refractivity contribution is -0.139. The van der Waals surface area contributed by atoms with Crippen LogP contribution in [0.4, 0.5) is 4.39 Å². The highest BCUT2D eigenvalue weighted by Crippen LogP contribution is 2.25. The summed E-state index contributed by atoms with van der Waals surface area (Å²) in [5, 5.41) is 3.30. The number of nitrogens with one attached hydrogen (secondary N) is 1. The van der Waals surface area contributed by atoms with E-state index in [9.17, 15) is 14.0 Å². The van der Waals surface area contributed by atoms with Crippen molar-refractivity contribution < 1.29 is 14.0 Å². The molecular weight excluding hydrogens is 563 g/mol. The van der Waals surface area contributed by atoms with E-state index in [1.807, 2.05) is 61.5 Å². The van der Waals surface area contributed by atoms with Crippen LogP contribution < -0.4 is 5.32 Å². The summed E-state index contributed by atoms with van der Waals surface area (Å²) in [4.78, 5) is 28.5. The van der Waals surface area contributed by atoms with Gasteiger partial charge in [0.1, 0.15) is 11.9 Å². The molecule has 4 nitrogen and oxygen atoms in total. The van der Waals surface area contributed by atoms with Crippen LogP contribution in [0.5, 0.6) is 0 Å². The fourth-order valence-corrected chi connectivity index (χ4v) is 5.21. The number of carbonyl (C=O) groups excluding carboxylic acids is 2. The van der Waals surface area contributed by atoms with Crippen molar-refractivity contribution in [2.24, 2.45) is 0 Å². The van der Waals surface area contributed by atoms with E-state index in [0.717, 1.165) is 22.0 Å². The van der Waals surface area contributed by atoms with E-state index in [2.05, 4.69) is 21.2 Å². The van der Waals surface area contributed by atoms with Crippen LogP contribution in [0.1, 0.15) is 30.0 Å². The van der Waals surface area contributed by atoms with Gasteiger partial charge in [-0.1, -0.05) is 83.0 Å². The first-order chi connectivity index (χ1) is 17.4. The molecule has 0 saturated carbocycles. The molecule has 0 spiro atoms. The zero-order valence-corrected chi connectivity index (χ0v) is 23.2. The molecule has 3 aromatic carbocycles. The molecule has 0 aliphatic carbocycles. The smallest absolute Gasteiger partial charge is 0.243 e. The van der Waals surface area contributed by atoms with Crippen LogP contribution in [0.15, 0.2) is 77.3 Å². The fraction of sp³-hybridized carbons (Fsp3) is 0.286. The molecule has 0 heterocycles. The predicted octanol–water partition coefficient (Wildman–Crippen LogP) is 6.64. The third-order valence-electron chi connectivity index (χ3n) is 5.62. The first kappa shape index (κ1) is 28.2. The van der Waals surface area contributed by atoms with E-state index < -0.39 is 11.9 Å². The number of halogens is 3. The maximum atomic E-state index is 14.2. The van der Waals surface area contributed by atoms with E-state index >= 15 is 0 Å². The predicted molar refractivity (Wildman–Crippen MR) is 149 cm³/mol. The van der Waals surface area contributed by atoms with Gasteiger partial charge in [-0.3, -0.25) is 9.59 Å². The normalized spacial score (nSPS) is 11.7. The van der Waals surface area contributed by atoms with Crippen LogP contribution in [0.25, 0.3) is 0 Å². The Morgan fingerprint density at radius 3 is 2.42 bits per heavy atom. The van der Waals surface area contributed by atoms with Crippen molar-refractivity contribution in [1.29, 1.82) is 0 Å². The summed E-state index contributed by atoms with van der Waals surface area (Å²) in [6.07, 6.45) is 1.19. The highest BCUT2D eigenvalue weighted by atomic mass is 79.9. The Bertz CT molecular complexity index is 1130. The van der Waals surface area contributed by atoms with Gasteiger partial charge in [0.2, 0.25) is 11.8 Å². The van der Waals surface area contributed by atoms with Crippen LogP contribution in [0.3, 0.4) is 0 Å². The molecule has 1 N–H and O–H groups in total. The largest absolute Gasteiger partial charge is 0.354 e. The van der Waals surface area contributed by atoms with E-state index in [1.54, 1.807) is 17.0 Å². The molecule has 0 aromatic heterocycles.